The van der Waals surface area contributed by atoms with Crippen molar-refractivity contribution in [2.24, 2.45) is 5.92 Å². The van der Waals surface area contributed by atoms with Crippen LogP contribution >= 0.6 is 0 Å². The fourth-order valence-electron chi connectivity index (χ4n) is 1.28. The third-order valence-corrected chi connectivity index (χ3v) is 8.15. The van der Waals surface area contributed by atoms with Crippen LogP contribution in [-0.2, 0) is 14.0 Å². The Bertz CT molecular complexity index is 329. The number of carbonyl (C=O) groups is 1. The number of ether oxygens (including phenoxy) is 1. The SMILES string of the molecule is C=CCOC(=O)[C@@H](C)[C@@H](C=C)O[Si](C)(C)C(C)(C)C. The summed E-state index contributed by atoms with van der Waals surface area (Å²) in [5, 5.41) is 0.0962. The van der Waals surface area contributed by atoms with Gasteiger partial charge in [0, 0.05) is 0 Å². The Morgan fingerprint density at radius 2 is 1.84 bits per heavy atom. The smallest absolute Gasteiger partial charge is 0.311 e. The van der Waals surface area contributed by atoms with E-state index in [0.717, 1.165) is 0 Å². The first-order valence-corrected chi connectivity index (χ1v) is 9.55. The maximum absolute atomic E-state index is 11.9. The average Bonchev–Trinajstić information content (AvgIpc) is 2.30. The highest BCUT2D eigenvalue weighted by Crippen LogP contribution is 2.38. The molecule has 0 aromatic rings. The normalized spacial score (nSPS) is 15.5. The topological polar surface area (TPSA) is 35.5 Å². The summed E-state index contributed by atoms with van der Waals surface area (Å²) in [6, 6.07) is 0. The Labute approximate surface area is 118 Å². The molecular formula is C15H28O3Si. The van der Waals surface area contributed by atoms with Gasteiger partial charge in [-0.05, 0) is 25.1 Å². The minimum atomic E-state index is -1.93. The van der Waals surface area contributed by atoms with Crippen LogP contribution in [0.1, 0.15) is 27.7 Å². The van der Waals surface area contributed by atoms with Crippen molar-refractivity contribution in [3.8, 4) is 0 Å². The van der Waals surface area contributed by atoms with Crippen LogP contribution in [0.15, 0.2) is 25.3 Å². The molecule has 0 saturated heterocycles. The van der Waals surface area contributed by atoms with Gasteiger partial charge in [-0.15, -0.1) is 6.58 Å². The summed E-state index contributed by atoms with van der Waals surface area (Å²) in [6.07, 6.45) is 2.95. The fourth-order valence-corrected chi connectivity index (χ4v) is 2.61. The van der Waals surface area contributed by atoms with Crippen LogP contribution in [0.5, 0.6) is 0 Å². The molecule has 0 aliphatic carbocycles. The third-order valence-electron chi connectivity index (χ3n) is 3.68. The Kier molecular flexibility index (Phi) is 6.73. The van der Waals surface area contributed by atoms with Crippen molar-refractivity contribution >= 4 is 14.3 Å². The van der Waals surface area contributed by atoms with Gasteiger partial charge in [0.05, 0.1) is 12.0 Å². The second-order valence-corrected chi connectivity index (χ2v) is 11.0. The fraction of sp³-hybridized carbons (Fsp3) is 0.667. The van der Waals surface area contributed by atoms with Gasteiger partial charge >= 0.3 is 5.97 Å². The minimum Gasteiger partial charge on any atom is -0.461 e. The van der Waals surface area contributed by atoms with Gasteiger partial charge < -0.3 is 9.16 Å². The zero-order valence-corrected chi connectivity index (χ0v) is 14.2. The van der Waals surface area contributed by atoms with Crippen LogP contribution in [0.4, 0.5) is 0 Å². The molecule has 0 fully saturated rings. The Morgan fingerprint density at radius 3 is 2.21 bits per heavy atom. The molecule has 0 aliphatic heterocycles. The Hall–Kier alpha value is -0.873. The van der Waals surface area contributed by atoms with Crippen molar-refractivity contribution in [2.45, 2.75) is 51.9 Å². The van der Waals surface area contributed by atoms with E-state index >= 15 is 0 Å². The van der Waals surface area contributed by atoms with Crippen molar-refractivity contribution in [1.29, 1.82) is 0 Å². The van der Waals surface area contributed by atoms with Gasteiger partial charge in [0.15, 0.2) is 8.32 Å². The van der Waals surface area contributed by atoms with Crippen molar-refractivity contribution in [1.82, 2.24) is 0 Å². The summed E-state index contributed by atoms with van der Waals surface area (Å²) in [5.41, 5.74) is 0. The molecule has 4 heteroatoms. The number of carbonyl (C=O) groups excluding carboxylic acids is 1. The van der Waals surface area contributed by atoms with Crippen LogP contribution in [0.25, 0.3) is 0 Å². The van der Waals surface area contributed by atoms with E-state index in [1.54, 1.807) is 12.2 Å². The first-order valence-electron chi connectivity index (χ1n) is 6.64. The molecule has 0 heterocycles. The molecule has 110 valence electrons. The van der Waals surface area contributed by atoms with Gasteiger partial charge in [-0.3, -0.25) is 4.79 Å². The number of esters is 1. The first kappa shape index (κ1) is 18.1. The number of hydrogen-bond acceptors (Lipinski definition) is 3. The van der Waals surface area contributed by atoms with Crippen molar-refractivity contribution in [3.05, 3.63) is 25.3 Å². The molecule has 0 saturated carbocycles. The highest BCUT2D eigenvalue weighted by Gasteiger charge is 2.40. The zero-order valence-electron chi connectivity index (χ0n) is 13.2. The molecule has 2 atom stereocenters. The van der Waals surface area contributed by atoms with Crippen molar-refractivity contribution in [3.63, 3.8) is 0 Å². The van der Waals surface area contributed by atoms with Gasteiger partial charge in [-0.2, -0.15) is 0 Å². The highest BCUT2D eigenvalue weighted by molar-refractivity contribution is 6.74. The van der Waals surface area contributed by atoms with Gasteiger partial charge in [0.1, 0.15) is 6.61 Å². The Balaban J connectivity index is 4.80. The summed E-state index contributed by atoms with van der Waals surface area (Å²) in [4.78, 5) is 11.9. The molecule has 0 amide bonds. The van der Waals surface area contributed by atoms with Gasteiger partial charge in [-0.1, -0.05) is 39.5 Å². The standard InChI is InChI=1S/C15H28O3Si/c1-9-11-17-14(16)12(3)13(10-2)18-19(7,8)15(4,5)6/h9-10,12-13H,1-2,11H2,3-8H3/t12-,13+/m0/s1. The molecule has 19 heavy (non-hydrogen) atoms. The lowest BCUT2D eigenvalue weighted by Gasteiger charge is -2.39. The molecule has 0 aromatic carbocycles. The lowest BCUT2D eigenvalue weighted by molar-refractivity contribution is -0.149. The van der Waals surface area contributed by atoms with Gasteiger partial charge in [-0.25, -0.2) is 0 Å². The Morgan fingerprint density at radius 1 is 1.32 bits per heavy atom. The van der Waals surface area contributed by atoms with E-state index in [1.165, 1.54) is 0 Å². The summed E-state index contributed by atoms with van der Waals surface area (Å²) < 4.78 is 11.3. The largest absolute Gasteiger partial charge is 0.461 e. The molecule has 0 aromatic heterocycles. The monoisotopic (exact) mass is 284 g/mol. The maximum Gasteiger partial charge on any atom is 0.311 e. The van der Waals surface area contributed by atoms with E-state index < -0.39 is 8.32 Å². The zero-order chi connectivity index (χ0) is 15.3. The first-order chi connectivity index (χ1) is 8.56. The van der Waals surface area contributed by atoms with Crippen LogP contribution in [-0.4, -0.2) is 27.0 Å². The van der Waals surface area contributed by atoms with Gasteiger partial charge in [0.25, 0.3) is 0 Å². The predicted molar refractivity (Wildman–Crippen MR) is 82.6 cm³/mol. The summed E-state index contributed by atoms with van der Waals surface area (Å²) >= 11 is 0. The second kappa shape index (κ2) is 7.06. The van der Waals surface area contributed by atoms with E-state index in [9.17, 15) is 4.79 Å². The summed E-state index contributed by atoms with van der Waals surface area (Å²) in [7, 11) is -1.93. The second-order valence-electron chi connectivity index (χ2n) is 6.29. The average molecular weight is 284 g/mol. The van der Waals surface area contributed by atoms with Crippen molar-refractivity contribution in [2.75, 3.05) is 6.61 Å². The van der Waals surface area contributed by atoms with Crippen LogP contribution in [0.2, 0.25) is 18.1 Å². The summed E-state index contributed by atoms with van der Waals surface area (Å²) in [6.45, 7) is 20.2. The number of rotatable bonds is 7. The minimum absolute atomic E-state index is 0.0962. The molecule has 3 nitrogen and oxygen atoms in total. The molecule has 0 unspecified atom stereocenters. The number of hydrogen-bond donors (Lipinski definition) is 0. The molecule has 0 rings (SSSR count). The van der Waals surface area contributed by atoms with Crippen LogP contribution in [0.3, 0.4) is 0 Å². The quantitative estimate of drug-likeness (QED) is 0.404. The lowest BCUT2D eigenvalue weighted by atomic mass is 10.1. The van der Waals surface area contributed by atoms with Crippen molar-refractivity contribution < 1.29 is 14.0 Å². The van der Waals surface area contributed by atoms with E-state index in [4.69, 9.17) is 9.16 Å². The summed E-state index contributed by atoms with van der Waals surface area (Å²) in [5.74, 6) is -0.630. The maximum atomic E-state index is 11.9. The molecule has 0 radical (unpaired) electrons. The predicted octanol–water partition coefficient (Wildman–Crippen LogP) is 3.93. The van der Waals surface area contributed by atoms with Crippen LogP contribution in [0, 0.1) is 5.92 Å². The van der Waals surface area contributed by atoms with E-state index in [-0.39, 0.29) is 29.6 Å². The lowest BCUT2D eigenvalue weighted by Crippen LogP contribution is -2.46. The molecule has 0 aliphatic rings. The van der Waals surface area contributed by atoms with Crippen LogP contribution < -0.4 is 0 Å². The molecule has 0 bridgehead atoms. The molecular weight excluding hydrogens is 256 g/mol. The third kappa shape index (κ3) is 5.33. The van der Waals surface area contributed by atoms with E-state index in [1.807, 2.05) is 6.92 Å². The molecule has 0 N–H and O–H groups in total. The van der Waals surface area contributed by atoms with E-state index in [2.05, 4.69) is 47.0 Å². The van der Waals surface area contributed by atoms with E-state index in [0.29, 0.717) is 0 Å². The highest BCUT2D eigenvalue weighted by atomic mass is 28.4. The molecule has 0 spiro atoms. The van der Waals surface area contributed by atoms with Gasteiger partial charge in [0.2, 0.25) is 0 Å².